The third-order valence-corrected chi connectivity index (χ3v) is 6.76. The molecule has 27 heavy (non-hydrogen) atoms. The number of fused-ring (bicyclic) bond motifs is 1. The summed E-state index contributed by atoms with van der Waals surface area (Å²) in [6.07, 6.45) is 8.58. The Labute approximate surface area is 157 Å². The lowest BCUT2D eigenvalue weighted by Gasteiger charge is -2.43. The molecule has 1 spiro atoms. The minimum atomic E-state index is -0.223. The van der Waals surface area contributed by atoms with Gasteiger partial charge in [0.2, 0.25) is 11.9 Å². The number of hydrogen-bond acceptors (Lipinski definition) is 4. The highest BCUT2D eigenvalue weighted by molar-refractivity contribution is 5.92. The minimum absolute atomic E-state index is 0.0292. The van der Waals surface area contributed by atoms with Crippen LogP contribution in [-0.4, -0.2) is 33.6 Å². The first kappa shape index (κ1) is 17.1. The van der Waals surface area contributed by atoms with Crippen molar-refractivity contribution >= 4 is 17.5 Å². The largest absolute Gasteiger partial charge is 0.317 e. The second kappa shape index (κ2) is 6.55. The van der Waals surface area contributed by atoms with E-state index in [1.807, 2.05) is 0 Å². The number of hydrogen-bond donors (Lipinski definition) is 2. The standard InChI is InChI=1S/C20H26FN5O/c21-15-3-4-16-23-19(24-18(27)14-1-2-14)25-26(16)17(15)13-5-7-20(8-6-13)9-11-22-12-10-20/h3-4,13-14,22H,1-2,5-12H2,(H,24,25,27). The van der Waals surface area contributed by atoms with Gasteiger partial charge in [0.15, 0.2) is 5.65 Å². The van der Waals surface area contributed by atoms with Gasteiger partial charge in [-0.05, 0) is 82.0 Å². The Bertz CT molecular complexity index is 859. The molecule has 0 bridgehead atoms. The summed E-state index contributed by atoms with van der Waals surface area (Å²) in [5, 5.41) is 10.7. The lowest BCUT2D eigenvalue weighted by molar-refractivity contribution is -0.117. The summed E-state index contributed by atoms with van der Waals surface area (Å²) in [7, 11) is 0. The molecular formula is C20H26FN5O. The number of piperidine rings is 1. The predicted molar refractivity (Wildman–Crippen MR) is 100 cm³/mol. The Hall–Kier alpha value is -2.02. The van der Waals surface area contributed by atoms with E-state index in [9.17, 15) is 9.18 Å². The molecule has 0 aromatic carbocycles. The first-order chi connectivity index (χ1) is 13.1. The third-order valence-electron chi connectivity index (χ3n) is 6.76. The van der Waals surface area contributed by atoms with Crippen LogP contribution in [0.3, 0.4) is 0 Å². The molecular weight excluding hydrogens is 345 g/mol. The fraction of sp³-hybridized carbons (Fsp3) is 0.650. The molecule has 1 aliphatic heterocycles. The van der Waals surface area contributed by atoms with Crippen molar-refractivity contribution in [1.29, 1.82) is 0 Å². The van der Waals surface area contributed by atoms with Crippen LogP contribution in [0.25, 0.3) is 5.65 Å². The molecule has 2 N–H and O–H groups in total. The lowest BCUT2D eigenvalue weighted by atomic mass is 9.65. The Morgan fingerprint density at radius 1 is 1.15 bits per heavy atom. The highest BCUT2D eigenvalue weighted by Gasteiger charge is 2.38. The number of carbonyl (C=O) groups is 1. The van der Waals surface area contributed by atoms with E-state index in [1.165, 1.54) is 18.9 Å². The van der Waals surface area contributed by atoms with Gasteiger partial charge in [-0.15, -0.1) is 5.10 Å². The number of amides is 1. The van der Waals surface area contributed by atoms with Gasteiger partial charge in [-0.2, -0.15) is 4.98 Å². The van der Waals surface area contributed by atoms with Crippen molar-refractivity contribution < 1.29 is 9.18 Å². The highest BCUT2D eigenvalue weighted by atomic mass is 19.1. The van der Waals surface area contributed by atoms with Crippen molar-refractivity contribution in [3.8, 4) is 0 Å². The Kier molecular flexibility index (Phi) is 4.15. The van der Waals surface area contributed by atoms with Gasteiger partial charge < -0.3 is 5.32 Å². The summed E-state index contributed by atoms with van der Waals surface area (Å²) in [5.74, 6) is 0.275. The average Bonchev–Trinajstić information content (AvgIpc) is 3.45. The fourth-order valence-corrected chi connectivity index (χ4v) is 4.88. The molecule has 2 aromatic heterocycles. The zero-order valence-corrected chi connectivity index (χ0v) is 15.5. The summed E-state index contributed by atoms with van der Waals surface area (Å²) in [5.41, 5.74) is 1.66. The van der Waals surface area contributed by atoms with E-state index in [2.05, 4.69) is 20.7 Å². The summed E-state index contributed by atoms with van der Waals surface area (Å²) in [6, 6.07) is 3.12. The summed E-state index contributed by atoms with van der Waals surface area (Å²) in [6.45, 7) is 2.20. The van der Waals surface area contributed by atoms with Gasteiger partial charge in [-0.1, -0.05) is 0 Å². The van der Waals surface area contributed by atoms with E-state index in [0.29, 0.717) is 16.8 Å². The maximum absolute atomic E-state index is 14.8. The number of aromatic nitrogens is 3. The molecule has 3 heterocycles. The Balaban J connectivity index is 1.39. The Morgan fingerprint density at radius 2 is 1.89 bits per heavy atom. The Morgan fingerprint density at radius 3 is 2.59 bits per heavy atom. The topological polar surface area (TPSA) is 71.3 Å². The van der Waals surface area contributed by atoms with Crippen molar-refractivity contribution in [3.63, 3.8) is 0 Å². The maximum Gasteiger partial charge on any atom is 0.249 e. The first-order valence-electron chi connectivity index (χ1n) is 10.2. The van der Waals surface area contributed by atoms with Crippen LogP contribution >= 0.6 is 0 Å². The molecule has 1 amide bonds. The lowest BCUT2D eigenvalue weighted by Crippen LogP contribution is -2.39. The third kappa shape index (κ3) is 3.22. The van der Waals surface area contributed by atoms with Crippen LogP contribution in [0.15, 0.2) is 12.1 Å². The molecule has 0 unspecified atom stereocenters. The molecule has 2 aromatic rings. The van der Waals surface area contributed by atoms with E-state index in [4.69, 9.17) is 0 Å². The summed E-state index contributed by atoms with van der Waals surface area (Å²) >= 11 is 0. The molecule has 6 nitrogen and oxygen atoms in total. The molecule has 0 atom stereocenters. The van der Waals surface area contributed by atoms with Gasteiger partial charge >= 0.3 is 0 Å². The number of anilines is 1. The molecule has 5 rings (SSSR count). The molecule has 2 aliphatic carbocycles. The van der Waals surface area contributed by atoms with Crippen LogP contribution < -0.4 is 10.6 Å². The molecule has 2 saturated carbocycles. The monoisotopic (exact) mass is 371 g/mol. The zero-order chi connectivity index (χ0) is 18.4. The summed E-state index contributed by atoms with van der Waals surface area (Å²) < 4.78 is 16.4. The van der Waals surface area contributed by atoms with Gasteiger partial charge in [0.1, 0.15) is 5.82 Å². The number of pyridine rings is 1. The number of halogens is 1. The highest BCUT2D eigenvalue weighted by Crippen LogP contribution is 2.48. The van der Waals surface area contributed by atoms with E-state index in [0.717, 1.165) is 51.6 Å². The predicted octanol–water partition coefficient (Wildman–Crippen LogP) is 3.24. The van der Waals surface area contributed by atoms with Crippen LogP contribution in [0.5, 0.6) is 0 Å². The van der Waals surface area contributed by atoms with Crippen LogP contribution in [0.2, 0.25) is 0 Å². The average molecular weight is 371 g/mol. The maximum atomic E-state index is 14.8. The normalized spacial score (nSPS) is 23.0. The zero-order valence-electron chi connectivity index (χ0n) is 15.5. The minimum Gasteiger partial charge on any atom is -0.317 e. The molecule has 144 valence electrons. The van der Waals surface area contributed by atoms with Crippen LogP contribution in [-0.2, 0) is 4.79 Å². The SMILES string of the molecule is O=C(Nc1nc2ccc(F)c(C3CCC4(CCNCC4)CC3)n2n1)C1CC1. The quantitative estimate of drug-likeness (QED) is 0.869. The van der Waals surface area contributed by atoms with Crippen molar-refractivity contribution in [3.05, 3.63) is 23.6 Å². The van der Waals surface area contributed by atoms with E-state index in [-0.39, 0.29) is 29.5 Å². The number of carbonyl (C=O) groups excluding carboxylic acids is 1. The smallest absolute Gasteiger partial charge is 0.249 e. The second-order valence-corrected chi connectivity index (χ2v) is 8.56. The molecule has 1 saturated heterocycles. The van der Waals surface area contributed by atoms with Crippen LogP contribution in [0.4, 0.5) is 10.3 Å². The molecule has 7 heteroatoms. The number of nitrogens with zero attached hydrogens (tertiary/aromatic N) is 3. The van der Waals surface area contributed by atoms with Gasteiger partial charge in [0.05, 0.1) is 5.69 Å². The van der Waals surface area contributed by atoms with Gasteiger partial charge in [-0.3, -0.25) is 10.1 Å². The number of nitrogens with one attached hydrogen (secondary N) is 2. The molecule has 0 radical (unpaired) electrons. The van der Waals surface area contributed by atoms with E-state index < -0.39 is 0 Å². The van der Waals surface area contributed by atoms with Crippen molar-refractivity contribution in [2.75, 3.05) is 18.4 Å². The molecule has 3 fully saturated rings. The summed E-state index contributed by atoms with van der Waals surface area (Å²) in [4.78, 5) is 16.4. The van der Waals surface area contributed by atoms with Gasteiger partial charge in [-0.25, -0.2) is 8.91 Å². The first-order valence-corrected chi connectivity index (χ1v) is 10.2. The molecule has 3 aliphatic rings. The van der Waals surface area contributed by atoms with Gasteiger partial charge in [0, 0.05) is 11.8 Å². The second-order valence-electron chi connectivity index (χ2n) is 8.56. The fourth-order valence-electron chi connectivity index (χ4n) is 4.88. The van der Waals surface area contributed by atoms with Crippen molar-refractivity contribution in [1.82, 2.24) is 19.9 Å². The van der Waals surface area contributed by atoms with Crippen LogP contribution in [0, 0.1) is 17.2 Å². The van der Waals surface area contributed by atoms with E-state index in [1.54, 1.807) is 10.6 Å². The van der Waals surface area contributed by atoms with E-state index >= 15 is 0 Å². The van der Waals surface area contributed by atoms with Gasteiger partial charge in [0.25, 0.3) is 0 Å². The van der Waals surface area contributed by atoms with Crippen molar-refractivity contribution in [2.24, 2.45) is 11.3 Å². The number of rotatable bonds is 3. The van der Waals surface area contributed by atoms with Crippen LogP contribution in [0.1, 0.15) is 63.0 Å². The van der Waals surface area contributed by atoms with Crippen molar-refractivity contribution in [2.45, 2.75) is 57.3 Å².